The molecule has 0 saturated heterocycles. The lowest BCUT2D eigenvalue weighted by atomic mass is 10.1. The molecule has 0 spiro atoms. The van der Waals surface area contributed by atoms with E-state index in [0.29, 0.717) is 0 Å². The van der Waals surface area contributed by atoms with Crippen molar-refractivity contribution in [1.29, 1.82) is 0 Å². The van der Waals surface area contributed by atoms with E-state index < -0.39 is 9.04 Å². The van der Waals surface area contributed by atoms with Crippen LogP contribution in [0.2, 0.25) is 13.1 Å². The fraction of sp³-hybridized carbons (Fsp3) is 0.333. The van der Waals surface area contributed by atoms with Crippen LogP contribution in [0.1, 0.15) is 36.7 Å². The molecule has 0 aliphatic rings. The van der Waals surface area contributed by atoms with E-state index in [9.17, 15) is 0 Å². The zero-order valence-electron chi connectivity index (χ0n) is 14.0. The highest BCUT2D eigenvalue weighted by Crippen LogP contribution is 2.28. The van der Waals surface area contributed by atoms with Gasteiger partial charge in [0.25, 0.3) is 0 Å². The quantitative estimate of drug-likeness (QED) is 0.608. The lowest BCUT2D eigenvalue weighted by Crippen LogP contribution is -2.13. The predicted octanol–water partition coefficient (Wildman–Crippen LogP) is 4.32. The monoisotopic (exact) mass is 312 g/mol. The SMILES string of the molecule is CC(=NC(C)c1ccccc1O[SiH](C)C)c1ccc(C)cn1. The van der Waals surface area contributed by atoms with Crippen molar-refractivity contribution in [2.45, 2.75) is 39.9 Å². The highest BCUT2D eigenvalue weighted by atomic mass is 28.3. The van der Waals surface area contributed by atoms with Gasteiger partial charge in [-0.15, -0.1) is 0 Å². The summed E-state index contributed by atoms with van der Waals surface area (Å²) < 4.78 is 6.02. The molecule has 4 heteroatoms. The highest BCUT2D eigenvalue weighted by Gasteiger charge is 2.12. The molecular formula is C18H24N2OSi. The van der Waals surface area contributed by atoms with Gasteiger partial charge in [-0.25, -0.2) is 0 Å². The number of para-hydroxylation sites is 1. The van der Waals surface area contributed by atoms with Crippen LogP contribution in [0, 0.1) is 6.92 Å². The molecule has 0 aliphatic heterocycles. The summed E-state index contributed by atoms with van der Waals surface area (Å²) in [5.41, 5.74) is 4.17. The zero-order valence-corrected chi connectivity index (χ0v) is 15.2. The second-order valence-corrected chi connectivity index (χ2v) is 8.15. The Morgan fingerprint density at radius 2 is 1.91 bits per heavy atom. The van der Waals surface area contributed by atoms with E-state index in [2.05, 4.69) is 37.1 Å². The second kappa shape index (κ2) is 7.36. The number of hydrogen-bond donors (Lipinski definition) is 0. The molecule has 1 atom stereocenters. The van der Waals surface area contributed by atoms with Gasteiger partial charge in [0.1, 0.15) is 5.75 Å². The Kier molecular flexibility index (Phi) is 5.50. The Bertz CT molecular complexity index is 650. The van der Waals surface area contributed by atoms with Gasteiger partial charge in [0.05, 0.1) is 17.4 Å². The van der Waals surface area contributed by atoms with E-state index >= 15 is 0 Å². The second-order valence-electron chi connectivity index (χ2n) is 5.82. The molecule has 2 rings (SSSR count). The molecule has 1 aromatic carbocycles. The van der Waals surface area contributed by atoms with Crippen LogP contribution in [-0.2, 0) is 0 Å². The number of aliphatic imine (C=N–C) groups is 1. The molecule has 0 radical (unpaired) electrons. The molecule has 22 heavy (non-hydrogen) atoms. The van der Waals surface area contributed by atoms with E-state index in [1.54, 1.807) is 0 Å². The molecule has 0 N–H and O–H groups in total. The van der Waals surface area contributed by atoms with E-state index in [1.165, 1.54) is 0 Å². The van der Waals surface area contributed by atoms with Crippen LogP contribution in [-0.4, -0.2) is 19.7 Å². The van der Waals surface area contributed by atoms with E-state index in [-0.39, 0.29) is 6.04 Å². The van der Waals surface area contributed by atoms with Crippen molar-refractivity contribution in [3.63, 3.8) is 0 Å². The third-order valence-electron chi connectivity index (χ3n) is 3.40. The summed E-state index contributed by atoms with van der Waals surface area (Å²) in [5.74, 6) is 0.963. The lowest BCUT2D eigenvalue weighted by Gasteiger charge is -2.17. The van der Waals surface area contributed by atoms with Crippen LogP contribution >= 0.6 is 0 Å². The van der Waals surface area contributed by atoms with Crippen LogP contribution in [0.15, 0.2) is 47.6 Å². The molecule has 3 nitrogen and oxygen atoms in total. The van der Waals surface area contributed by atoms with Gasteiger partial charge >= 0.3 is 0 Å². The summed E-state index contributed by atoms with van der Waals surface area (Å²) in [6.07, 6.45) is 1.88. The summed E-state index contributed by atoms with van der Waals surface area (Å²) in [5, 5.41) is 0. The Balaban J connectivity index is 2.26. The molecule has 0 bridgehead atoms. The molecule has 1 aromatic heterocycles. The largest absolute Gasteiger partial charge is 0.547 e. The lowest BCUT2D eigenvalue weighted by molar-refractivity contribution is 0.563. The zero-order chi connectivity index (χ0) is 16.1. The molecule has 0 amide bonds. The molecule has 1 unspecified atom stereocenters. The number of rotatable bonds is 5. The standard InChI is InChI=1S/C18H24N2OSi/c1-13-10-11-17(19-12-13)15(3)20-14(2)16-8-6-7-9-18(16)21-22(4)5/h6-12,14,22H,1-5H3. The maximum atomic E-state index is 6.02. The average molecular weight is 312 g/mol. The first-order valence-electron chi connectivity index (χ1n) is 7.70. The van der Waals surface area contributed by atoms with Crippen LogP contribution in [0.5, 0.6) is 5.75 Å². The highest BCUT2D eigenvalue weighted by molar-refractivity contribution is 6.49. The topological polar surface area (TPSA) is 34.5 Å². The van der Waals surface area contributed by atoms with Crippen LogP contribution in [0.25, 0.3) is 0 Å². The molecule has 0 saturated carbocycles. The van der Waals surface area contributed by atoms with E-state index in [0.717, 1.165) is 28.3 Å². The molecule has 1 heterocycles. The van der Waals surface area contributed by atoms with Crippen molar-refractivity contribution in [2.24, 2.45) is 4.99 Å². The minimum Gasteiger partial charge on any atom is -0.547 e. The van der Waals surface area contributed by atoms with Gasteiger partial charge in [-0.2, -0.15) is 0 Å². The fourth-order valence-corrected chi connectivity index (χ4v) is 3.02. The first-order valence-corrected chi connectivity index (χ1v) is 10.5. The van der Waals surface area contributed by atoms with Gasteiger partial charge in [-0.05, 0) is 51.6 Å². The van der Waals surface area contributed by atoms with Crippen molar-refractivity contribution >= 4 is 14.8 Å². The number of aryl methyl sites for hydroxylation is 1. The Hall–Kier alpha value is -1.94. The molecule has 116 valence electrons. The van der Waals surface area contributed by atoms with Crippen molar-refractivity contribution < 1.29 is 4.43 Å². The van der Waals surface area contributed by atoms with Gasteiger partial charge < -0.3 is 4.43 Å². The number of pyridine rings is 1. The van der Waals surface area contributed by atoms with Gasteiger partial charge in [0, 0.05) is 11.8 Å². The van der Waals surface area contributed by atoms with Crippen LogP contribution in [0.4, 0.5) is 0 Å². The summed E-state index contributed by atoms with van der Waals surface area (Å²) in [6.45, 7) is 10.5. The fourth-order valence-electron chi connectivity index (χ4n) is 2.29. The summed E-state index contributed by atoms with van der Waals surface area (Å²) in [6, 6.07) is 12.3. The Morgan fingerprint density at radius 3 is 2.55 bits per heavy atom. The third-order valence-corrected chi connectivity index (χ3v) is 4.13. The molecule has 2 aromatic rings. The van der Waals surface area contributed by atoms with Crippen molar-refractivity contribution in [1.82, 2.24) is 4.98 Å². The first kappa shape index (κ1) is 16.4. The minimum atomic E-state index is -1.13. The Morgan fingerprint density at radius 1 is 1.18 bits per heavy atom. The van der Waals surface area contributed by atoms with Crippen molar-refractivity contribution in [3.8, 4) is 5.75 Å². The third kappa shape index (κ3) is 4.27. The average Bonchev–Trinajstić information content (AvgIpc) is 2.47. The molecule has 0 fully saturated rings. The first-order chi connectivity index (χ1) is 10.5. The summed E-state index contributed by atoms with van der Waals surface area (Å²) >= 11 is 0. The van der Waals surface area contributed by atoms with Crippen molar-refractivity contribution in [3.05, 3.63) is 59.4 Å². The predicted molar refractivity (Wildman–Crippen MR) is 95.5 cm³/mol. The van der Waals surface area contributed by atoms with E-state index in [4.69, 9.17) is 9.42 Å². The minimum absolute atomic E-state index is 0.0482. The number of hydrogen-bond acceptors (Lipinski definition) is 3. The van der Waals surface area contributed by atoms with Gasteiger partial charge in [0.15, 0.2) is 0 Å². The van der Waals surface area contributed by atoms with Crippen LogP contribution < -0.4 is 4.43 Å². The van der Waals surface area contributed by atoms with Crippen molar-refractivity contribution in [2.75, 3.05) is 0 Å². The summed E-state index contributed by atoms with van der Waals surface area (Å²) in [7, 11) is -1.13. The molecule has 0 aliphatic carbocycles. The summed E-state index contributed by atoms with van der Waals surface area (Å²) in [4.78, 5) is 9.25. The van der Waals surface area contributed by atoms with Gasteiger partial charge in [-0.1, -0.05) is 24.3 Å². The Labute approximate surface area is 134 Å². The number of nitrogens with zero attached hydrogens (tertiary/aromatic N) is 2. The molecular weight excluding hydrogens is 288 g/mol. The number of aromatic nitrogens is 1. The van der Waals surface area contributed by atoms with Gasteiger partial charge in [-0.3, -0.25) is 9.98 Å². The van der Waals surface area contributed by atoms with Crippen LogP contribution in [0.3, 0.4) is 0 Å². The maximum Gasteiger partial charge on any atom is 0.229 e. The van der Waals surface area contributed by atoms with Gasteiger partial charge in [0.2, 0.25) is 9.04 Å². The smallest absolute Gasteiger partial charge is 0.229 e. The normalized spacial score (nSPS) is 13.3. The van der Waals surface area contributed by atoms with E-state index in [1.807, 2.05) is 44.3 Å². The number of benzene rings is 1. The maximum absolute atomic E-state index is 6.02.